The molecule has 0 unspecified atom stereocenters. The third-order valence-corrected chi connectivity index (χ3v) is 2.74. The molecule has 0 aliphatic rings. The molecule has 0 atom stereocenters. The lowest BCUT2D eigenvalue weighted by molar-refractivity contribution is -0.123. The fourth-order valence-corrected chi connectivity index (χ4v) is 1.61. The SMILES string of the molecule is Cc1ccc(CNC(=O)COc2ccccc2N)cn1. The van der Waals surface area contributed by atoms with Gasteiger partial charge in [-0.15, -0.1) is 0 Å². The van der Waals surface area contributed by atoms with E-state index in [-0.39, 0.29) is 12.5 Å². The summed E-state index contributed by atoms with van der Waals surface area (Å²) in [6.45, 7) is 2.29. The van der Waals surface area contributed by atoms with Crippen LogP contribution in [0.2, 0.25) is 0 Å². The van der Waals surface area contributed by atoms with E-state index >= 15 is 0 Å². The largest absolute Gasteiger partial charge is 0.482 e. The van der Waals surface area contributed by atoms with E-state index in [4.69, 9.17) is 10.5 Å². The molecular formula is C15H17N3O2. The number of amides is 1. The number of aryl methyl sites for hydroxylation is 1. The summed E-state index contributed by atoms with van der Waals surface area (Å²) >= 11 is 0. The van der Waals surface area contributed by atoms with Gasteiger partial charge in [0.2, 0.25) is 0 Å². The lowest BCUT2D eigenvalue weighted by Gasteiger charge is -2.09. The highest BCUT2D eigenvalue weighted by molar-refractivity contribution is 5.77. The molecule has 0 saturated carbocycles. The predicted octanol–water partition coefficient (Wildman–Crippen LogP) is 1.67. The van der Waals surface area contributed by atoms with E-state index in [1.807, 2.05) is 31.2 Å². The third kappa shape index (κ3) is 3.98. The lowest BCUT2D eigenvalue weighted by atomic mass is 10.2. The van der Waals surface area contributed by atoms with Crippen molar-refractivity contribution in [2.24, 2.45) is 0 Å². The van der Waals surface area contributed by atoms with Crippen molar-refractivity contribution >= 4 is 11.6 Å². The predicted molar refractivity (Wildman–Crippen MR) is 77.2 cm³/mol. The number of rotatable bonds is 5. The van der Waals surface area contributed by atoms with Crippen LogP contribution in [0.4, 0.5) is 5.69 Å². The molecule has 0 spiro atoms. The summed E-state index contributed by atoms with van der Waals surface area (Å²) in [7, 11) is 0. The molecule has 1 heterocycles. The first kappa shape index (κ1) is 13.9. The van der Waals surface area contributed by atoms with Crippen molar-refractivity contribution in [3.8, 4) is 5.75 Å². The molecule has 0 bridgehead atoms. The molecule has 0 saturated heterocycles. The zero-order valence-corrected chi connectivity index (χ0v) is 11.3. The first-order valence-electron chi connectivity index (χ1n) is 6.30. The van der Waals surface area contributed by atoms with Crippen LogP contribution in [0.25, 0.3) is 0 Å². The number of ether oxygens (including phenoxy) is 1. The third-order valence-electron chi connectivity index (χ3n) is 2.74. The van der Waals surface area contributed by atoms with E-state index in [9.17, 15) is 4.79 Å². The smallest absolute Gasteiger partial charge is 0.258 e. The maximum Gasteiger partial charge on any atom is 0.258 e. The Morgan fingerprint density at radius 1 is 1.30 bits per heavy atom. The number of nitrogens with two attached hydrogens (primary N) is 1. The molecule has 2 rings (SSSR count). The summed E-state index contributed by atoms with van der Waals surface area (Å²) < 4.78 is 5.35. The summed E-state index contributed by atoms with van der Waals surface area (Å²) in [5.74, 6) is 0.313. The maximum absolute atomic E-state index is 11.7. The van der Waals surface area contributed by atoms with Crippen molar-refractivity contribution in [3.63, 3.8) is 0 Å². The molecule has 5 heteroatoms. The molecule has 0 aliphatic heterocycles. The number of aromatic nitrogens is 1. The number of carbonyl (C=O) groups excluding carboxylic acids is 1. The van der Waals surface area contributed by atoms with Crippen LogP contribution in [0.15, 0.2) is 42.6 Å². The van der Waals surface area contributed by atoms with Gasteiger partial charge in [0.1, 0.15) is 5.75 Å². The highest BCUT2D eigenvalue weighted by atomic mass is 16.5. The monoisotopic (exact) mass is 271 g/mol. The van der Waals surface area contributed by atoms with Gasteiger partial charge in [0.05, 0.1) is 5.69 Å². The molecule has 0 fully saturated rings. The van der Waals surface area contributed by atoms with E-state index in [1.54, 1.807) is 18.3 Å². The number of hydrogen-bond acceptors (Lipinski definition) is 4. The Balaban J connectivity index is 1.78. The normalized spacial score (nSPS) is 10.1. The number of hydrogen-bond donors (Lipinski definition) is 2. The zero-order chi connectivity index (χ0) is 14.4. The van der Waals surface area contributed by atoms with Crippen LogP contribution in [-0.2, 0) is 11.3 Å². The summed E-state index contributed by atoms with van der Waals surface area (Å²) in [6.07, 6.45) is 1.74. The van der Waals surface area contributed by atoms with Gasteiger partial charge >= 0.3 is 0 Å². The Bertz CT molecular complexity index is 582. The number of pyridine rings is 1. The van der Waals surface area contributed by atoms with Crippen LogP contribution in [-0.4, -0.2) is 17.5 Å². The van der Waals surface area contributed by atoms with Gasteiger partial charge in [-0.3, -0.25) is 9.78 Å². The van der Waals surface area contributed by atoms with Crippen LogP contribution in [0.3, 0.4) is 0 Å². The van der Waals surface area contributed by atoms with Crippen LogP contribution in [0, 0.1) is 6.92 Å². The fourth-order valence-electron chi connectivity index (χ4n) is 1.61. The molecule has 2 aromatic rings. The molecule has 5 nitrogen and oxygen atoms in total. The molecular weight excluding hydrogens is 254 g/mol. The number of nitrogen functional groups attached to an aromatic ring is 1. The Morgan fingerprint density at radius 2 is 2.10 bits per heavy atom. The second-order valence-corrected chi connectivity index (χ2v) is 4.41. The molecule has 1 aromatic carbocycles. The van der Waals surface area contributed by atoms with Crippen molar-refractivity contribution < 1.29 is 9.53 Å². The minimum atomic E-state index is -0.200. The number of nitrogens with one attached hydrogen (secondary N) is 1. The van der Waals surface area contributed by atoms with E-state index in [2.05, 4.69) is 10.3 Å². The first-order valence-corrected chi connectivity index (χ1v) is 6.30. The van der Waals surface area contributed by atoms with Crippen LogP contribution in [0.5, 0.6) is 5.75 Å². The molecule has 3 N–H and O–H groups in total. The average molecular weight is 271 g/mol. The maximum atomic E-state index is 11.7. The average Bonchev–Trinajstić information content (AvgIpc) is 2.46. The van der Waals surface area contributed by atoms with Crippen molar-refractivity contribution in [1.29, 1.82) is 0 Å². The molecule has 104 valence electrons. The molecule has 0 aliphatic carbocycles. The van der Waals surface area contributed by atoms with Gasteiger partial charge in [0, 0.05) is 18.4 Å². The number of benzene rings is 1. The van der Waals surface area contributed by atoms with Crippen molar-refractivity contribution in [3.05, 3.63) is 53.9 Å². The molecule has 1 aromatic heterocycles. The zero-order valence-electron chi connectivity index (χ0n) is 11.3. The van der Waals surface area contributed by atoms with Gasteiger partial charge in [0.25, 0.3) is 5.91 Å². The molecule has 0 radical (unpaired) electrons. The Labute approximate surface area is 117 Å². The minimum Gasteiger partial charge on any atom is -0.482 e. The number of carbonyl (C=O) groups is 1. The fraction of sp³-hybridized carbons (Fsp3) is 0.200. The molecule has 20 heavy (non-hydrogen) atoms. The second kappa shape index (κ2) is 6.56. The Hall–Kier alpha value is -2.56. The van der Waals surface area contributed by atoms with Gasteiger partial charge < -0.3 is 15.8 Å². The van der Waals surface area contributed by atoms with Crippen LogP contribution in [0.1, 0.15) is 11.3 Å². The van der Waals surface area contributed by atoms with Gasteiger partial charge in [-0.25, -0.2) is 0 Å². The first-order chi connectivity index (χ1) is 9.65. The van der Waals surface area contributed by atoms with E-state index in [1.165, 1.54) is 0 Å². The van der Waals surface area contributed by atoms with Gasteiger partial charge in [-0.1, -0.05) is 18.2 Å². The molecule has 1 amide bonds. The second-order valence-electron chi connectivity index (χ2n) is 4.41. The summed E-state index contributed by atoms with van der Waals surface area (Å²) in [5, 5.41) is 2.76. The highest BCUT2D eigenvalue weighted by Gasteiger charge is 2.04. The summed E-state index contributed by atoms with van der Waals surface area (Å²) in [5.41, 5.74) is 8.13. The highest BCUT2D eigenvalue weighted by Crippen LogP contribution is 2.19. The summed E-state index contributed by atoms with van der Waals surface area (Å²) in [6, 6.07) is 10.9. The van der Waals surface area contributed by atoms with Crippen LogP contribution < -0.4 is 15.8 Å². The Morgan fingerprint density at radius 3 is 2.80 bits per heavy atom. The Kier molecular flexibility index (Phi) is 4.55. The van der Waals surface area contributed by atoms with Crippen LogP contribution >= 0.6 is 0 Å². The van der Waals surface area contributed by atoms with E-state index < -0.39 is 0 Å². The minimum absolute atomic E-state index is 0.0620. The lowest BCUT2D eigenvalue weighted by Crippen LogP contribution is -2.28. The van der Waals surface area contributed by atoms with E-state index in [0.717, 1.165) is 11.3 Å². The number of para-hydroxylation sites is 2. The van der Waals surface area contributed by atoms with Crippen molar-refractivity contribution in [1.82, 2.24) is 10.3 Å². The van der Waals surface area contributed by atoms with Gasteiger partial charge in [-0.05, 0) is 30.7 Å². The standard InChI is InChI=1S/C15H17N3O2/c1-11-6-7-12(8-17-11)9-18-15(19)10-20-14-5-3-2-4-13(14)16/h2-8H,9-10,16H2,1H3,(H,18,19). The van der Waals surface area contributed by atoms with Crippen molar-refractivity contribution in [2.45, 2.75) is 13.5 Å². The quantitative estimate of drug-likeness (QED) is 0.811. The van der Waals surface area contributed by atoms with Gasteiger partial charge in [-0.2, -0.15) is 0 Å². The van der Waals surface area contributed by atoms with E-state index in [0.29, 0.717) is 18.0 Å². The van der Waals surface area contributed by atoms with Crippen molar-refractivity contribution in [2.75, 3.05) is 12.3 Å². The summed E-state index contributed by atoms with van der Waals surface area (Å²) in [4.78, 5) is 15.8. The number of nitrogens with zero attached hydrogens (tertiary/aromatic N) is 1. The van der Waals surface area contributed by atoms with Gasteiger partial charge in [0.15, 0.2) is 6.61 Å². The number of anilines is 1. The topological polar surface area (TPSA) is 77.2 Å².